The lowest BCUT2D eigenvalue weighted by Crippen LogP contribution is -2.39. The molecule has 0 fully saturated rings. The van der Waals surface area contributed by atoms with Crippen LogP contribution in [0.15, 0.2) is 18.2 Å². The van der Waals surface area contributed by atoms with Crippen LogP contribution in [-0.4, -0.2) is 34.7 Å². The van der Waals surface area contributed by atoms with E-state index in [2.05, 4.69) is 5.32 Å². The Morgan fingerprint density at radius 3 is 2.55 bits per heavy atom. The Morgan fingerprint density at radius 2 is 1.95 bits per heavy atom. The second-order valence-corrected chi connectivity index (χ2v) is 5.22. The molecule has 0 saturated carbocycles. The van der Waals surface area contributed by atoms with Crippen molar-refractivity contribution < 1.29 is 24.5 Å². The van der Waals surface area contributed by atoms with Crippen molar-refractivity contribution in [1.29, 1.82) is 0 Å². The smallest absolute Gasteiger partial charge is 0.328 e. The Morgan fingerprint density at radius 1 is 1.27 bits per heavy atom. The molecule has 0 radical (unpaired) electrons. The third-order valence-electron chi connectivity index (χ3n) is 3.37. The van der Waals surface area contributed by atoms with Crippen LogP contribution in [0.4, 0.5) is 0 Å². The van der Waals surface area contributed by atoms with Gasteiger partial charge in [0.15, 0.2) is 0 Å². The molecule has 1 aromatic rings. The van der Waals surface area contributed by atoms with Gasteiger partial charge in [0.1, 0.15) is 17.5 Å². The maximum atomic E-state index is 11.8. The predicted molar refractivity (Wildman–Crippen MR) is 81.7 cm³/mol. The lowest BCUT2D eigenvalue weighted by Gasteiger charge is -2.15. The molecule has 0 heterocycles. The molecule has 1 rings (SSSR count). The van der Waals surface area contributed by atoms with Crippen molar-refractivity contribution in [2.45, 2.75) is 45.6 Å². The Labute approximate surface area is 130 Å². The SMILES string of the molecule is CCOC(=O)C(C)NC(=O)CCC(C)c1ccc(O)cc1O. The van der Waals surface area contributed by atoms with Crippen molar-refractivity contribution in [3.8, 4) is 11.5 Å². The van der Waals surface area contributed by atoms with E-state index in [-0.39, 0.29) is 36.4 Å². The number of phenolic OH excluding ortho intramolecular Hbond substituents is 2. The summed E-state index contributed by atoms with van der Waals surface area (Å²) in [5.41, 5.74) is 0.670. The van der Waals surface area contributed by atoms with E-state index in [0.29, 0.717) is 12.0 Å². The van der Waals surface area contributed by atoms with Crippen molar-refractivity contribution in [1.82, 2.24) is 5.32 Å². The van der Waals surface area contributed by atoms with Gasteiger partial charge in [-0.3, -0.25) is 4.79 Å². The molecular weight excluding hydrogens is 286 g/mol. The van der Waals surface area contributed by atoms with Crippen LogP contribution in [0.3, 0.4) is 0 Å². The predicted octanol–water partition coefficient (Wildman–Crippen LogP) is 2.05. The molecule has 1 amide bonds. The highest BCUT2D eigenvalue weighted by atomic mass is 16.5. The zero-order valence-electron chi connectivity index (χ0n) is 13.1. The van der Waals surface area contributed by atoms with Crippen LogP contribution in [0.25, 0.3) is 0 Å². The van der Waals surface area contributed by atoms with E-state index in [1.807, 2.05) is 6.92 Å². The molecule has 6 nitrogen and oxygen atoms in total. The third-order valence-corrected chi connectivity index (χ3v) is 3.37. The van der Waals surface area contributed by atoms with Gasteiger partial charge in [0, 0.05) is 12.5 Å². The van der Waals surface area contributed by atoms with Crippen LogP contribution in [-0.2, 0) is 14.3 Å². The van der Waals surface area contributed by atoms with E-state index in [9.17, 15) is 19.8 Å². The minimum absolute atomic E-state index is 0.00513. The number of benzene rings is 1. The fraction of sp³-hybridized carbons (Fsp3) is 0.500. The Bertz CT molecular complexity index is 529. The van der Waals surface area contributed by atoms with Crippen molar-refractivity contribution in [3.63, 3.8) is 0 Å². The van der Waals surface area contributed by atoms with Crippen molar-refractivity contribution >= 4 is 11.9 Å². The highest BCUT2D eigenvalue weighted by Gasteiger charge is 2.18. The quantitative estimate of drug-likeness (QED) is 0.670. The van der Waals surface area contributed by atoms with Gasteiger partial charge < -0.3 is 20.3 Å². The van der Waals surface area contributed by atoms with Crippen LogP contribution in [0.1, 0.15) is 45.1 Å². The van der Waals surface area contributed by atoms with Gasteiger partial charge in [-0.05, 0) is 37.8 Å². The molecular formula is C16H23NO5. The minimum atomic E-state index is -0.676. The summed E-state index contributed by atoms with van der Waals surface area (Å²) in [6.07, 6.45) is 0.741. The van der Waals surface area contributed by atoms with Crippen LogP contribution >= 0.6 is 0 Å². The molecule has 6 heteroatoms. The van der Waals surface area contributed by atoms with Gasteiger partial charge in [0.25, 0.3) is 0 Å². The van der Waals surface area contributed by atoms with E-state index in [1.165, 1.54) is 12.1 Å². The monoisotopic (exact) mass is 309 g/mol. The first-order valence-corrected chi connectivity index (χ1v) is 7.33. The van der Waals surface area contributed by atoms with E-state index in [1.54, 1.807) is 19.9 Å². The van der Waals surface area contributed by atoms with Gasteiger partial charge in [0.2, 0.25) is 5.91 Å². The molecule has 0 aromatic heterocycles. The lowest BCUT2D eigenvalue weighted by atomic mass is 9.95. The number of phenols is 2. The topological polar surface area (TPSA) is 95.9 Å². The number of rotatable bonds is 7. The number of ether oxygens (including phenoxy) is 1. The summed E-state index contributed by atoms with van der Waals surface area (Å²) in [7, 11) is 0. The molecule has 0 aliphatic rings. The summed E-state index contributed by atoms with van der Waals surface area (Å²) in [4.78, 5) is 23.2. The number of nitrogens with one attached hydrogen (secondary N) is 1. The standard InChI is InChI=1S/C16H23NO5/c1-4-22-16(21)11(3)17-15(20)8-5-10(2)13-7-6-12(18)9-14(13)19/h6-7,9-11,18-19H,4-5,8H2,1-3H3,(H,17,20). The number of carbonyl (C=O) groups excluding carboxylic acids is 2. The Kier molecular flexibility index (Phi) is 6.69. The molecule has 2 unspecified atom stereocenters. The first-order chi connectivity index (χ1) is 10.3. The van der Waals surface area contributed by atoms with Gasteiger partial charge in [-0.1, -0.05) is 13.0 Å². The third kappa shape index (κ3) is 5.27. The second kappa shape index (κ2) is 8.26. The average molecular weight is 309 g/mol. The zero-order valence-corrected chi connectivity index (χ0v) is 13.1. The van der Waals surface area contributed by atoms with Gasteiger partial charge in [-0.15, -0.1) is 0 Å². The van der Waals surface area contributed by atoms with Gasteiger partial charge in [-0.25, -0.2) is 4.79 Å². The molecule has 0 aliphatic heterocycles. The van der Waals surface area contributed by atoms with Gasteiger partial charge in [0.05, 0.1) is 6.61 Å². The van der Waals surface area contributed by atoms with Crippen molar-refractivity contribution in [2.75, 3.05) is 6.61 Å². The maximum absolute atomic E-state index is 11.8. The van der Waals surface area contributed by atoms with Crippen LogP contribution in [0.5, 0.6) is 11.5 Å². The minimum Gasteiger partial charge on any atom is -0.508 e. The molecule has 1 aromatic carbocycles. The summed E-state index contributed by atoms with van der Waals surface area (Å²) in [6.45, 7) is 5.44. The summed E-state index contributed by atoms with van der Waals surface area (Å²) in [6, 6.07) is 3.72. The molecule has 22 heavy (non-hydrogen) atoms. The molecule has 0 aliphatic carbocycles. The van der Waals surface area contributed by atoms with E-state index < -0.39 is 12.0 Å². The number of aromatic hydroxyl groups is 2. The number of esters is 1. The van der Waals surface area contributed by atoms with Crippen molar-refractivity contribution in [3.05, 3.63) is 23.8 Å². The average Bonchev–Trinajstić information content (AvgIpc) is 2.45. The second-order valence-electron chi connectivity index (χ2n) is 5.22. The van der Waals surface area contributed by atoms with E-state index >= 15 is 0 Å². The summed E-state index contributed by atoms with van der Waals surface area (Å²) in [5.74, 6) is -0.753. The van der Waals surface area contributed by atoms with E-state index in [4.69, 9.17) is 4.74 Å². The summed E-state index contributed by atoms with van der Waals surface area (Å²) in [5, 5.41) is 21.6. The fourth-order valence-electron chi connectivity index (χ4n) is 2.09. The summed E-state index contributed by atoms with van der Waals surface area (Å²) < 4.78 is 4.82. The van der Waals surface area contributed by atoms with Crippen LogP contribution < -0.4 is 5.32 Å². The highest BCUT2D eigenvalue weighted by molar-refractivity contribution is 5.84. The Hall–Kier alpha value is -2.24. The first kappa shape index (κ1) is 17.8. The lowest BCUT2D eigenvalue weighted by molar-refractivity contribution is -0.146. The van der Waals surface area contributed by atoms with Crippen molar-refractivity contribution in [2.24, 2.45) is 0 Å². The number of carbonyl (C=O) groups is 2. The molecule has 2 atom stereocenters. The molecule has 122 valence electrons. The van der Waals surface area contributed by atoms with Gasteiger partial charge >= 0.3 is 5.97 Å². The van der Waals surface area contributed by atoms with Crippen LogP contribution in [0.2, 0.25) is 0 Å². The number of hydrogen-bond acceptors (Lipinski definition) is 5. The fourth-order valence-corrected chi connectivity index (χ4v) is 2.09. The Balaban J connectivity index is 2.48. The largest absolute Gasteiger partial charge is 0.508 e. The normalized spacial score (nSPS) is 13.2. The number of hydrogen-bond donors (Lipinski definition) is 3. The highest BCUT2D eigenvalue weighted by Crippen LogP contribution is 2.31. The summed E-state index contributed by atoms with van der Waals surface area (Å²) >= 11 is 0. The van der Waals surface area contributed by atoms with Crippen LogP contribution in [0, 0.1) is 0 Å². The van der Waals surface area contributed by atoms with Gasteiger partial charge in [-0.2, -0.15) is 0 Å². The zero-order chi connectivity index (χ0) is 16.7. The molecule has 0 saturated heterocycles. The van der Waals surface area contributed by atoms with E-state index in [0.717, 1.165) is 0 Å². The first-order valence-electron chi connectivity index (χ1n) is 7.33. The molecule has 3 N–H and O–H groups in total. The maximum Gasteiger partial charge on any atom is 0.328 e. The number of amides is 1. The molecule has 0 spiro atoms. The molecule has 0 bridgehead atoms.